The van der Waals surface area contributed by atoms with E-state index >= 15 is 0 Å². The van der Waals surface area contributed by atoms with Crippen molar-refractivity contribution in [2.24, 2.45) is 11.8 Å². The highest BCUT2D eigenvalue weighted by atomic mass is 16.6. The number of nitro benzene ring substituents is 1. The SMILES string of the molecule is Cc1cc([N+](=O)[O-])ccc1C(=O)N1CC(C(C)C(=O)O)C1. The number of benzene rings is 1. The minimum atomic E-state index is -0.862. The van der Waals surface area contributed by atoms with E-state index in [1.54, 1.807) is 18.7 Å². The van der Waals surface area contributed by atoms with Gasteiger partial charge in [0.1, 0.15) is 0 Å². The number of hydrogen-bond acceptors (Lipinski definition) is 4. The molecule has 0 aromatic heterocycles. The number of carbonyl (C=O) groups is 2. The quantitative estimate of drug-likeness (QED) is 0.672. The minimum absolute atomic E-state index is 0.0372. The van der Waals surface area contributed by atoms with Gasteiger partial charge in [0.05, 0.1) is 10.8 Å². The predicted molar refractivity (Wildman–Crippen MR) is 74.0 cm³/mol. The van der Waals surface area contributed by atoms with E-state index < -0.39 is 16.8 Å². The number of carboxylic acids is 1. The van der Waals surface area contributed by atoms with Crippen molar-refractivity contribution >= 4 is 17.6 Å². The third kappa shape index (κ3) is 2.86. The molecule has 112 valence electrons. The fraction of sp³-hybridized carbons (Fsp3) is 0.429. The number of nitro groups is 1. The summed E-state index contributed by atoms with van der Waals surface area (Å²) >= 11 is 0. The zero-order valence-electron chi connectivity index (χ0n) is 11.8. The molecule has 1 atom stereocenters. The Morgan fingerprint density at radius 2 is 2.05 bits per heavy atom. The molecule has 0 spiro atoms. The Balaban J connectivity index is 2.06. The van der Waals surface area contributed by atoms with E-state index in [1.165, 1.54) is 18.2 Å². The number of rotatable bonds is 4. The molecule has 7 nitrogen and oxygen atoms in total. The highest BCUT2D eigenvalue weighted by molar-refractivity contribution is 5.96. The van der Waals surface area contributed by atoms with Crippen molar-refractivity contribution in [1.82, 2.24) is 4.90 Å². The number of carboxylic acid groups (broad SMARTS) is 1. The van der Waals surface area contributed by atoms with Crippen LogP contribution in [0.1, 0.15) is 22.8 Å². The summed E-state index contributed by atoms with van der Waals surface area (Å²) in [7, 11) is 0. The van der Waals surface area contributed by atoms with Crippen LogP contribution in [0.25, 0.3) is 0 Å². The van der Waals surface area contributed by atoms with Crippen molar-refractivity contribution in [1.29, 1.82) is 0 Å². The molecule has 1 aliphatic heterocycles. The number of carbonyl (C=O) groups excluding carboxylic acids is 1. The molecule has 1 aromatic rings. The van der Waals surface area contributed by atoms with E-state index in [0.29, 0.717) is 24.2 Å². The molecule has 1 fully saturated rings. The van der Waals surface area contributed by atoms with Gasteiger partial charge in [-0.2, -0.15) is 0 Å². The van der Waals surface area contributed by atoms with Gasteiger partial charge in [-0.05, 0) is 18.6 Å². The van der Waals surface area contributed by atoms with Crippen LogP contribution in [-0.2, 0) is 4.79 Å². The van der Waals surface area contributed by atoms with E-state index in [-0.39, 0.29) is 17.5 Å². The summed E-state index contributed by atoms with van der Waals surface area (Å²) < 4.78 is 0. The van der Waals surface area contributed by atoms with Gasteiger partial charge in [-0.25, -0.2) is 0 Å². The smallest absolute Gasteiger partial charge is 0.306 e. The van der Waals surface area contributed by atoms with Crippen LogP contribution in [0.15, 0.2) is 18.2 Å². The van der Waals surface area contributed by atoms with E-state index in [4.69, 9.17) is 5.11 Å². The Morgan fingerprint density at radius 1 is 1.43 bits per heavy atom. The molecule has 1 unspecified atom stereocenters. The van der Waals surface area contributed by atoms with E-state index in [9.17, 15) is 19.7 Å². The normalized spacial score (nSPS) is 16.2. The molecule has 1 aliphatic rings. The summed E-state index contributed by atoms with van der Waals surface area (Å²) in [4.78, 5) is 34.9. The monoisotopic (exact) mass is 292 g/mol. The highest BCUT2D eigenvalue weighted by Gasteiger charge is 2.37. The number of likely N-dealkylation sites (tertiary alicyclic amines) is 1. The van der Waals surface area contributed by atoms with Crippen LogP contribution >= 0.6 is 0 Å². The Bertz CT molecular complexity index is 607. The van der Waals surface area contributed by atoms with Gasteiger partial charge < -0.3 is 10.0 Å². The molecule has 0 saturated carbocycles. The summed E-state index contributed by atoms with van der Waals surface area (Å²) in [5.41, 5.74) is 0.913. The number of aliphatic carboxylic acids is 1. The zero-order chi connectivity index (χ0) is 15.7. The summed E-state index contributed by atoms with van der Waals surface area (Å²) in [6.45, 7) is 4.09. The molecule has 0 bridgehead atoms. The molecule has 1 heterocycles. The van der Waals surface area contributed by atoms with Gasteiger partial charge in [-0.15, -0.1) is 0 Å². The highest BCUT2D eigenvalue weighted by Crippen LogP contribution is 2.27. The van der Waals surface area contributed by atoms with Crippen LogP contribution in [0, 0.1) is 28.9 Å². The lowest BCUT2D eigenvalue weighted by atomic mass is 9.86. The van der Waals surface area contributed by atoms with Crippen LogP contribution in [0.3, 0.4) is 0 Å². The van der Waals surface area contributed by atoms with Gasteiger partial charge in [0.25, 0.3) is 11.6 Å². The first-order chi connectivity index (χ1) is 9.81. The number of nitrogens with zero attached hydrogens (tertiary/aromatic N) is 2. The summed E-state index contributed by atoms with van der Waals surface area (Å²) in [5.74, 6) is -1.59. The Morgan fingerprint density at radius 3 is 2.52 bits per heavy atom. The Kier molecular flexibility index (Phi) is 3.93. The molecule has 0 aliphatic carbocycles. The van der Waals surface area contributed by atoms with Crippen molar-refractivity contribution in [3.05, 3.63) is 39.4 Å². The van der Waals surface area contributed by atoms with Crippen LogP contribution < -0.4 is 0 Å². The molecule has 1 aromatic carbocycles. The molecule has 1 amide bonds. The Hall–Kier alpha value is -2.44. The number of hydrogen-bond donors (Lipinski definition) is 1. The van der Waals surface area contributed by atoms with Crippen LogP contribution in [0.5, 0.6) is 0 Å². The lowest BCUT2D eigenvalue weighted by Gasteiger charge is -2.41. The molecule has 1 saturated heterocycles. The second-order valence-electron chi connectivity index (χ2n) is 5.35. The summed E-state index contributed by atoms with van der Waals surface area (Å²) in [6, 6.07) is 4.12. The topological polar surface area (TPSA) is 101 Å². The maximum atomic E-state index is 12.3. The van der Waals surface area contributed by atoms with E-state index in [1.807, 2.05) is 0 Å². The van der Waals surface area contributed by atoms with E-state index in [0.717, 1.165) is 0 Å². The second-order valence-corrected chi connectivity index (χ2v) is 5.35. The van der Waals surface area contributed by atoms with Crippen LogP contribution in [0.2, 0.25) is 0 Å². The van der Waals surface area contributed by atoms with Gasteiger partial charge in [-0.3, -0.25) is 19.7 Å². The largest absolute Gasteiger partial charge is 0.481 e. The zero-order valence-corrected chi connectivity index (χ0v) is 11.8. The van der Waals surface area contributed by atoms with Crippen molar-refractivity contribution in [3.8, 4) is 0 Å². The average Bonchev–Trinajstić information content (AvgIpc) is 2.36. The molecular formula is C14H16N2O5. The van der Waals surface area contributed by atoms with Crippen LogP contribution in [0.4, 0.5) is 5.69 Å². The average molecular weight is 292 g/mol. The molecule has 1 N–H and O–H groups in total. The van der Waals surface area contributed by atoms with Crippen molar-refractivity contribution < 1.29 is 19.6 Å². The molecule has 2 rings (SSSR count). The van der Waals surface area contributed by atoms with Crippen molar-refractivity contribution in [3.63, 3.8) is 0 Å². The fourth-order valence-corrected chi connectivity index (χ4v) is 2.37. The first kappa shape index (κ1) is 15.0. The Labute approximate surface area is 121 Å². The third-order valence-corrected chi connectivity index (χ3v) is 3.94. The number of amides is 1. The predicted octanol–water partition coefficient (Wildman–Crippen LogP) is 1.70. The summed E-state index contributed by atoms with van der Waals surface area (Å²) in [6.07, 6.45) is 0. The molecule has 21 heavy (non-hydrogen) atoms. The second kappa shape index (κ2) is 5.51. The molecule has 0 radical (unpaired) electrons. The number of non-ortho nitro benzene ring substituents is 1. The first-order valence-corrected chi connectivity index (χ1v) is 6.58. The fourth-order valence-electron chi connectivity index (χ4n) is 2.37. The molecular weight excluding hydrogens is 276 g/mol. The lowest BCUT2D eigenvalue weighted by molar-refractivity contribution is -0.384. The van der Waals surface area contributed by atoms with Gasteiger partial charge >= 0.3 is 5.97 Å². The minimum Gasteiger partial charge on any atom is -0.481 e. The standard InChI is InChI=1S/C14H16N2O5/c1-8-5-11(16(20)21)3-4-12(8)13(17)15-6-10(7-15)9(2)14(18)19/h3-5,9-10H,6-7H2,1-2H3,(H,18,19). The number of aryl methyl sites for hydroxylation is 1. The first-order valence-electron chi connectivity index (χ1n) is 6.58. The van der Waals surface area contributed by atoms with E-state index in [2.05, 4.69) is 0 Å². The maximum Gasteiger partial charge on any atom is 0.306 e. The van der Waals surface area contributed by atoms with Crippen molar-refractivity contribution in [2.45, 2.75) is 13.8 Å². The molecule has 7 heteroatoms. The van der Waals surface area contributed by atoms with Crippen molar-refractivity contribution in [2.75, 3.05) is 13.1 Å². The van der Waals surface area contributed by atoms with Gasteiger partial charge in [0, 0.05) is 36.7 Å². The van der Waals surface area contributed by atoms with Gasteiger partial charge in [0.15, 0.2) is 0 Å². The third-order valence-electron chi connectivity index (χ3n) is 3.94. The van der Waals surface area contributed by atoms with Gasteiger partial charge in [-0.1, -0.05) is 6.92 Å². The maximum absolute atomic E-state index is 12.3. The summed E-state index contributed by atoms with van der Waals surface area (Å²) in [5, 5.41) is 19.6. The van der Waals surface area contributed by atoms with Crippen LogP contribution in [-0.4, -0.2) is 39.9 Å². The lowest BCUT2D eigenvalue weighted by Crippen LogP contribution is -2.53. The van der Waals surface area contributed by atoms with Gasteiger partial charge in [0.2, 0.25) is 0 Å².